The lowest BCUT2D eigenvalue weighted by Gasteiger charge is -2.16. The van der Waals surface area contributed by atoms with Gasteiger partial charge in [0.25, 0.3) is 11.8 Å². The molecule has 136 valence electrons. The van der Waals surface area contributed by atoms with Crippen molar-refractivity contribution in [3.05, 3.63) is 64.7 Å². The number of aryl methyl sites for hydroxylation is 2. The van der Waals surface area contributed by atoms with Crippen LogP contribution in [0.3, 0.4) is 0 Å². The number of carbonyl (C=O) groups excluding carboxylic acids is 2. The molecule has 0 saturated carbocycles. The van der Waals surface area contributed by atoms with Crippen molar-refractivity contribution in [2.45, 2.75) is 39.5 Å². The van der Waals surface area contributed by atoms with E-state index in [2.05, 4.69) is 12.2 Å². The molecule has 0 atom stereocenters. The minimum absolute atomic E-state index is 0.0787. The van der Waals surface area contributed by atoms with E-state index < -0.39 is 0 Å². The second-order valence-corrected chi connectivity index (χ2v) is 6.93. The summed E-state index contributed by atoms with van der Waals surface area (Å²) >= 11 is 0. The largest absolute Gasteiger partial charge is 0.339 e. The number of hydrogen-bond acceptors (Lipinski definition) is 2. The molecule has 2 aromatic carbocycles. The number of carbonyl (C=O) groups is 2. The van der Waals surface area contributed by atoms with Gasteiger partial charge >= 0.3 is 0 Å². The molecule has 3 rings (SSSR count). The van der Waals surface area contributed by atoms with Crippen molar-refractivity contribution in [3.63, 3.8) is 0 Å². The summed E-state index contributed by atoms with van der Waals surface area (Å²) < 4.78 is 0. The highest BCUT2D eigenvalue weighted by molar-refractivity contribution is 6.05. The third-order valence-electron chi connectivity index (χ3n) is 4.87. The van der Waals surface area contributed by atoms with E-state index in [4.69, 9.17) is 0 Å². The van der Waals surface area contributed by atoms with Crippen LogP contribution in [-0.2, 0) is 6.42 Å². The summed E-state index contributed by atoms with van der Waals surface area (Å²) in [7, 11) is 0. The lowest BCUT2D eigenvalue weighted by atomic mass is 10.1. The van der Waals surface area contributed by atoms with Crippen LogP contribution in [0.25, 0.3) is 0 Å². The van der Waals surface area contributed by atoms with Gasteiger partial charge in [-0.15, -0.1) is 0 Å². The fourth-order valence-corrected chi connectivity index (χ4v) is 3.35. The molecule has 1 heterocycles. The van der Waals surface area contributed by atoms with Gasteiger partial charge in [-0.3, -0.25) is 9.59 Å². The van der Waals surface area contributed by atoms with Gasteiger partial charge in [0.15, 0.2) is 0 Å². The van der Waals surface area contributed by atoms with Crippen LogP contribution in [-0.4, -0.2) is 29.8 Å². The Morgan fingerprint density at radius 2 is 1.65 bits per heavy atom. The Hall–Kier alpha value is -2.62. The fourth-order valence-electron chi connectivity index (χ4n) is 3.35. The lowest BCUT2D eigenvalue weighted by molar-refractivity contribution is 0.0792. The van der Waals surface area contributed by atoms with Gasteiger partial charge in [0, 0.05) is 29.9 Å². The number of hydrogen-bond donors (Lipinski definition) is 1. The maximum absolute atomic E-state index is 12.5. The first kappa shape index (κ1) is 18.2. The molecule has 2 aromatic rings. The molecule has 4 nitrogen and oxygen atoms in total. The number of likely N-dealkylation sites (tertiary alicyclic amines) is 1. The molecular weight excluding hydrogens is 324 g/mol. The lowest BCUT2D eigenvalue weighted by Crippen LogP contribution is -2.27. The molecule has 2 amide bonds. The van der Waals surface area contributed by atoms with Crippen molar-refractivity contribution in [1.82, 2.24) is 4.90 Å². The van der Waals surface area contributed by atoms with Crippen LogP contribution in [0.5, 0.6) is 0 Å². The van der Waals surface area contributed by atoms with Gasteiger partial charge in [0.1, 0.15) is 0 Å². The highest BCUT2D eigenvalue weighted by Gasteiger charge is 2.20. The molecule has 1 aliphatic heterocycles. The molecule has 0 bridgehead atoms. The van der Waals surface area contributed by atoms with Crippen molar-refractivity contribution in [1.29, 1.82) is 0 Å². The zero-order valence-electron chi connectivity index (χ0n) is 15.5. The van der Waals surface area contributed by atoms with Crippen LogP contribution in [0.1, 0.15) is 58.0 Å². The number of anilines is 1. The Bertz CT molecular complexity index is 790. The van der Waals surface area contributed by atoms with Crippen molar-refractivity contribution in [3.8, 4) is 0 Å². The first-order valence-electron chi connectivity index (χ1n) is 9.38. The predicted octanol–water partition coefficient (Wildman–Crippen LogP) is 4.44. The predicted molar refractivity (Wildman–Crippen MR) is 105 cm³/mol. The van der Waals surface area contributed by atoms with E-state index in [1.165, 1.54) is 5.56 Å². The van der Waals surface area contributed by atoms with E-state index in [1.54, 1.807) is 6.07 Å². The van der Waals surface area contributed by atoms with Gasteiger partial charge in [0.2, 0.25) is 0 Å². The standard InChI is InChI=1S/C22H26N2O2/c1-3-6-17-7-9-18(10-8-17)21(25)23-20-12-11-19(15-16(20)2)22(26)24-13-4-5-14-24/h7-12,15H,3-6,13-14H2,1-2H3,(H,23,25). The van der Waals surface area contributed by atoms with E-state index in [0.29, 0.717) is 11.1 Å². The van der Waals surface area contributed by atoms with Crippen LogP contribution in [0, 0.1) is 6.92 Å². The van der Waals surface area contributed by atoms with Gasteiger partial charge in [-0.05, 0) is 67.6 Å². The van der Waals surface area contributed by atoms with Gasteiger partial charge in [0.05, 0.1) is 0 Å². The molecule has 1 N–H and O–H groups in total. The number of nitrogens with zero attached hydrogens (tertiary/aromatic N) is 1. The van der Waals surface area contributed by atoms with Crippen molar-refractivity contribution >= 4 is 17.5 Å². The summed E-state index contributed by atoms with van der Waals surface area (Å²) in [5, 5.41) is 2.95. The maximum atomic E-state index is 12.5. The van der Waals surface area contributed by atoms with Crippen LogP contribution in [0.2, 0.25) is 0 Å². The van der Waals surface area contributed by atoms with Crippen LogP contribution < -0.4 is 5.32 Å². The Kier molecular flexibility index (Phi) is 5.71. The minimum atomic E-state index is -0.130. The van der Waals surface area contributed by atoms with E-state index in [0.717, 1.165) is 50.0 Å². The summed E-state index contributed by atoms with van der Waals surface area (Å²) in [5.41, 5.74) is 4.20. The SMILES string of the molecule is CCCc1ccc(C(=O)Nc2ccc(C(=O)N3CCCC3)cc2C)cc1. The average molecular weight is 350 g/mol. The quantitative estimate of drug-likeness (QED) is 0.867. The molecule has 1 aliphatic rings. The fraction of sp³-hybridized carbons (Fsp3) is 0.364. The monoisotopic (exact) mass is 350 g/mol. The molecule has 0 aliphatic carbocycles. The third kappa shape index (κ3) is 4.13. The molecule has 0 spiro atoms. The van der Waals surface area contributed by atoms with Crippen LogP contribution in [0.15, 0.2) is 42.5 Å². The minimum Gasteiger partial charge on any atom is -0.339 e. The topological polar surface area (TPSA) is 49.4 Å². The number of nitrogens with one attached hydrogen (secondary N) is 1. The zero-order valence-corrected chi connectivity index (χ0v) is 15.5. The van der Waals surface area contributed by atoms with Crippen molar-refractivity contribution in [2.24, 2.45) is 0 Å². The summed E-state index contributed by atoms with van der Waals surface area (Å²) in [6, 6.07) is 13.2. The molecule has 4 heteroatoms. The zero-order chi connectivity index (χ0) is 18.5. The van der Waals surface area contributed by atoms with Crippen LogP contribution in [0.4, 0.5) is 5.69 Å². The van der Waals surface area contributed by atoms with Crippen molar-refractivity contribution in [2.75, 3.05) is 18.4 Å². The number of benzene rings is 2. The van der Waals surface area contributed by atoms with Gasteiger partial charge in [-0.1, -0.05) is 25.5 Å². The van der Waals surface area contributed by atoms with E-state index in [9.17, 15) is 9.59 Å². The second-order valence-electron chi connectivity index (χ2n) is 6.93. The van der Waals surface area contributed by atoms with Gasteiger partial charge in [-0.25, -0.2) is 0 Å². The van der Waals surface area contributed by atoms with Gasteiger partial charge in [-0.2, -0.15) is 0 Å². The second kappa shape index (κ2) is 8.17. The highest BCUT2D eigenvalue weighted by atomic mass is 16.2. The van der Waals surface area contributed by atoms with E-state index in [-0.39, 0.29) is 11.8 Å². The Morgan fingerprint density at radius 3 is 2.27 bits per heavy atom. The Labute approximate surface area is 155 Å². The molecule has 0 radical (unpaired) electrons. The molecule has 1 saturated heterocycles. The highest BCUT2D eigenvalue weighted by Crippen LogP contribution is 2.20. The Morgan fingerprint density at radius 1 is 1.00 bits per heavy atom. The smallest absolute Gasteiger partial charge is 0.255 e. The molecule has 1 fully saturated rings. The Balaban J connectivity index is 1.69. The first-order chi connectivity index (χ1) is 12.6. The molecule has 0 aromatic heterocycles. The van der Waals surface area contributed by atoms with Gasteiger partial charge < -0.3 is 10.2 Å². The summed E-state index contributed by atoms with van der Waals surface area (Å²) in [6.07, 6.45) is 4.27. The van der Waals surface area contributed by atoms with E-state index >= 15 is 0 Å². The van der Waals surface area contributed by atoms with Crippen molar-refractivity contribution < 1.29 is 9.59 Å². The van der Waals surface area contributed by atoms with Crippen LogP contribution >= 0.6 is 0 Å². The first-order valence-corrected chi connectivity index (χ1v) is 9.38. The third-order valence-corrected chi connectivity index (χ3v) is 4.87. The molecule has 0 unspecified atom stereocenters. The normalized spacial score (nSPS) is 13.7. The average Bonchev–Trinajstić information content (AvgIpc) is 3.18. The number of rotatable bonds is 5. The summed E-state index contributed by atoms with van der Waals surface area (Å²) in [4.78, 5) is 26.8. The summed E-state index contributed by atoms with van der Waals surface area (Å²) in [6.45, 7) is 5.73. The summed E-state index contributed by atoms with van der Waals surface area (Å²) in [5.74, 6) is -0.0512. The van der Waals surface area contributed by atoms with E-state index in [1.807, 2.05) is 48.2 Å². The number of amides is 2. The maximum Gasteiger partial charge on any atom is 0.255 e. The molecule has 26 heavy (non-hydrogen) atoms. The molecular formula is C22H26N2O2.